The number of ether oxygens (including phenoxy) is 1. The van der Waals surface area contributed by atoms with E-state index in [1.165, 1.54) is 0 Å². The molecule has 0 heterocycles. The quantitative estimate of drug-likeness (QED) is 0.513. The van der Waals surface area contributed by atoms with E-state index < -0.39 is 0 Å². The normalized spacial score (nSPS) is 13.6. The van der Waals surface area contributed by atoms with Crippen LogP contribution in [-0.4, -0.2) is 19.1 Å². The Morgan fingerprint density at radius 1 is 1.16 bits per heavy atom. The standard InChI is InChI=1S/C16H33NO2/c1-13(2)7-6-12-19-15(18)9-8-14(10-11-17)16(3,4)5/h13-14H,6-12,17H2,1-5H3. The second-order valence-corrected chi connectivity index (χ2v) is 6.94. The first-order chi connectivity index (χ1) is 8.77. The number of hydrogen-bond donors (Lipinski definition) is 1. The van der Waals surface area contributed by atoms with Crippen LogP contribution in [0, 0.1) is 17.3 Å². The number of carbonyl (C=O) groups excluding carboxylic acids is 1. The van der Waals surface area contributed by atoms with Crippen LogP contribution in [0.1, 0.15) is 66.7 Å². The van der Waals surface area contributed by atoms with Crippen molar-refractivity contribution < 1.29 is 9.53 Å². The molecule has 0 saturated heterocycles. The van der Waals surface area contributed by atoms with Gasteiger partial charge >= 0.3 is 5.97 Å². The van der Waals surface area contributed by atoms with Crippen LogP contribution >= 0.6 is 0 Å². The van der Waals surface area contributed by atoms with Gasteiger partial charge in [-0.1, -0.05) is 34.6 Å². The van der Waals surface area contributed by atoms with E-state index in [0.717, 1.165) is 25.7 Å². The highest BCUT2D eigenvalue weighted by atomic mass is 16.5. The summed E-state index contributed by atoms with van der Waals surface area (Å²) in [5, 5.41) is 0. The topological polar surface area (TPSA) is 52.3 Å². The first-order valence-corrected chi connectivity index (χ1v) is 7.63. The Hall–Kier alpha value is -0.570. The summed E-state index contributed by atoms with van der Waals surface area (Å²) in [6, 6.07) is 0. The molecule has 0 amide bonds. The van der Waals surface area contributed by atoms with E-state index in [1.54, 1.807) is 0 Å². The van der Waals surface area contributed by atoms with E-state index in [0.29, 0.717) is 31.4 Å². The van der Waals surface area contributed by atoms with Crippen molar-refractivity contribution in [1.82, 2.24) is 0 Å². The molecular formula is C16H33NO2. The third kappa shape index (κ3) is 9.94. The summed E-state index contributed by atoms with van der Waals surface area (Å²) in [5.74, 6) is 1.10. The zero-order valence-corrected chi connectivity index (χ0v) is 13.5. The van der Waals surface area contributed by atoms with Gasteiger partial charge in [-0.05, 0) is 49.5 Å². The predicted molar refractivity (Wildman–Crippen MR) is 80.9 cm³/mol. The van der Waals surface area contributed by atoms with Crippen LogP contribution in [-0.2, 0) is 9.53 Å². The van der Waals surface area contributed by atoms with Crippen LogP contribution in [0.3, 0.4) is 0 Å². The summed E-state index contributed by atoms with van der Waals surface area (Å²) in [5.41, 5.74) is 5.85. The second kappa shape index (κ2) is 9.35. The molecular weight excluding hydrogens is 238 g/mol. The average Bonchev–Trinajstić information content (AvgIpc) is 2.28. The summed E-state index contributed by atoms with van der Waals surface area (Å²) >= 11 is 0. The van der Waals surface area contributed by atoms with Crippen molar-refractivity contribution in [3.05, 3.63) is 0 Å². The lowest BCUT2D eigenvalue weighted by Crippen LogP contribution is -2.24. The maximum atomic E-state index is 11.7. The van der Waals surface area contributed by atoms with Crippen molar-refractivity contribution in [2.24, 2.45) is 23.0 Å². The number of hydrogen-bond acceptors (Lipinski definition) is 3. The third-order valence-electron chi connectivity index (χ3n) is 3.63. The molecule has 0 fully saturated rings. The SMILES string of the molecule is CC(C)CCCOC(=O)CCC(CCN)C(C)(C)C. The first-order valence-electron chi connectivity index (χ1n) is 7.63. The number of esters is 1. The Labute approximate surface area is 119 Å². The maximum absolute atomic E-state index is 11.7. The van der Waals surface area contributed by atoms with Gasteiger partial charge < -0.3 is 10.5 Å². The van der Waals surface area contributed by atoms with Crippen LogP contribution in [0.4, 0.5) is 0 Å². The summed E-state index contributed by atoms with van der Waals surface area (Å²) < 4.78 is 5.26. The fourth-order valence-electron chi connectivity index (χ4n) is 2.25. The fraction of sp³-hybridized carbons (Fsp3) is 0.938. The summed E-state index contributed by atoms with van der Waals surface area (Å²) in [6.07, 6.45) is 4.46. The van der Waals surface area contributed by atoms with E-state index in [1.807, 2.05) is 0 Å². The smallest absolute Gasteiger partial charge is 0.305 e. The molecule has 3 heteroatoms. The van der Waals surface area contributed by atoms with E-state index in [-0.39, 0.29) is 11.4 Å². The Bertz CT molecular complexity index is 244. The van der Waals surface area contributed by atoms with Gasteiger partial charge in [0.1, 0.15) is 0 Å². The number of rotatable bonds is 9. The number of nitrogens with two attached hydrogens (primary N) is 1. The molecule has 0 aromatic rings. The zero-order valence-electron chi connectivity index (χ0n) is 13.5. The third-order valence-corrected chi connectivity index (χ3v) is 3.63. The molecule has 0 bridgehead atoms. The monoisotopic (exact) mass is 271 g/mol. The number of carbonyl (C=O) groups is 1. The molecule has 114 valence electrons. The highest BCUT2D eigenvalue weighted by molar-refractivity contribution is 5.69. The van der Waals surface area contributed by atoms with E-state index in [4.69, 9.17) is 10.5 Å². The lowest BCUT2D eigenvalue weighted by molar-refractivity contribution is -0.144. The Kier molecular flexibility index (Phi) is 9.07. The van der Waals surface area contributed by atoms with E-state index in [9.17, 15) is 4.79 Å². The van der Waals surface area contributed by atoms with Crippen LogP contribution in [0.25, 0.3) is 0 Å². The molecule has 0 aliphatic rings. The molecule has 0 aromatic heterocycles. The minimum absolute atomic E-state index is 0.0602. The van der Waals surface area contributed by atoms with E-state index >= 15 is 0 Å². The van der Waals surface area contributed by atoms with Gasteiger partial charge in [-0.2, -0.15) is 0 Å². The minimum Gasteiger partial charge on any atom is -0.466 e. The highest BCUT2D eigenvalue weighted by Gasteiger charge is 2.24. The Morgan fingerprint density at radius 3 is 2.26 bits per heavy atom. The van der Waals surface area contributed by atoms with Crippen LogP contribution < -0.4 is 5.73 Å². The van der Waals surface area contributed by atoms with Gasteiger partial charge in [0.2, 0.25) is 0 Å². The first kappa shape index (κ1) is 18.4. The van der Waals surface area contributed by atoms with Crippen molar-refractivity contribution in [2.75, 3.05) is 13.2 Å². The molecule has 19 heavy (non-hydrogen) atoms. The molecule has 0 aliphatic heterocycles. The van der Waals surface area contributed by atoms with Gasteiger partial charge in [0.05, 0.1) is 6.61 Å². The van der Waals surface area contributed by atoms with Crippen LogP contribution in [0.15, 0.2) is 0 Å². The molecule has 0 spiro atoms. The fourth-order valence-corrected chi connectivity index (χ4v) is 2.25. The van der Waals surface area contributed by atoms with Gasteiger partial charge in [-0.3, -0.25) is 4.79 Å². The summed E-state index contributed by atoms with van der Waals surface area (Å²) in [7, 11) is 0. The molecule has 1 atom stereocenters. The summed E-state index contributed by atoms with van der Waals surface area (Å²) in [6.45, 7) is 12.2. The maximum Gasteiger partial charge on any atom is 0.305 e. The van der Waals surface area contributed by atoms with E-state index in [2.05, 4.69) is 34.6 Å². The van der Waals surface area contributed by atoms with Crippen molar-refractivity contribution >= 4 is 5.97 Å². The molecule has 0 saturated carbocycles. The lowest BCUT2D eigenvalue weighted by Gasteiger charge is -2.30. The molecule has 1 unspecified atom stereocenters. The molecule has 0 rings (SSSR count). The van der Waals surface area contributed by atoms with Crippen LogP contribution in [0.2, 0.25) is 0 Å². The Morgan fingerprint density at radius 2 is 1.79 bits per heavy atom. The molecule has 0 aromatic carbocycles. The van der Waals surface area contributed by atoms with Gasteiger partial charge in [0.15, 0.2) is 0 Å². The average molecular weight is 271 g/mol. The largest absolute Gasteiger partial charge is 0.466 e. The van der Waals surface area contributed by atoms with Gasteiger partial charge in [0.25, 0.3) is 0 Å². The highest BCUT2D eigenvalue weighted by Crippen LogP contribution is 2.32. The minimum atomic E-state index is -0.0602. The Balaban J connectivity index is 3.86. The van der Waals surface area contributed by atoms with Crippen molar-refractivity contribution in [1.29, 1.82) is 0 Å². The van der Waals surface area contributed by atoms with Crippen molar-refractivity contribution in [3.8, 4) is 0 Å². The van der Waals surface area contributed by atoms with Gasteiger partial charge in [-0.15, -0.1) is 0 Å². The lowest BCUT2D eigenvalue weighted by atomic mass is 9.76. The predicted octanol–water partition coefficient (Wildman–Crippen LogP) is 3.76. The van der Waals surface area contributed by atoms with Crippen molar-refractivity contribution in [3.63, 3.8) is 0 Å². The zero-order chi connectivity index (χ0) is 14.9. The van der Waals surface area contributed by atoms with Crippen molar-refractivity contribution in [2.45, 2.75) is 66.7 Å². The molecule has 2 N–H and O–H groups in total. The molecule has 3 nitrogen and oxygen atoms in total. The second-order valence-electron chi connectivity index (χ2n) is 6.94. The summed E-state index contributed by atoms with van der Waals surface area (Å²) in [4.78, 5) is 11.7. The molecule has 0 radical (unpaired) electrons. The van der Waals surface area contributed by atoms with Crippen LogP contribution in [0.5, 0.6) is 0 Å². The van der Waals surface area contributed by atoms with Gasteiger partial charge in [-0.25, -0.2) is 0 Å². The molecule has 0 aliphatic carbocycles. The van der Waals surface area contributed by atoms with Gasteiger partial charge in [0, 0.05) is 6.42 Å².